The smallest absolute Gasteiger partial charge is 0.369 e. The standard InChI is InChI=1S/C5H10O4S/c1-2-9-5(8)10-4(7)3-6/h4,6-7H,2-3H2,1H3. The summed E-state index contributed by atoms with van der Waals surface area (Å²) >= 11 is 0.569. The third-order valence-electron chi connectivity index (χ3n) is 0.651. The zero-order chi connectivity index (χ0) is 7.98. The molecule has 0 aromatic heterocycles. The van der Waals surface area contributed by atoms with Crippen LogP contribution in [0.2, 0.25) is 0 Å². The molecule has 0 bridgehead atoms. The van der Waals surface area contributed by atoms with E-state index >= 15 is 0 Å². The number of rotatable bonds is 3. The lowest BCUT2D eigenvalue weighted by atomic mass is 10.8. The molecule has 0 spiro atoms. The van der Waals surface area contributed by atoms with Crippen LogP contribution in [0.3, 0.4) is 0 Å². The second kappa shape index (κ2) is 5.52. The largest absolute Gasteiger partial charge is 0.458 e. The topological polar surface area (TPSA) is 66.8 Å². The Kier molecular flexibility index (Phi) is 5.38. The molecule has 1 atom stereocenters. The molecule has 5 heteroatoms. The Hall–Kier alpha value is -0.260. The van der Waals surface area contributed by atoms with Crippen LogP contribution >= 0.6 is 11.8 Å². The van der Waals surface area contributed by atoms with Crippen molar-refractivity contribution in [2.24, 2.45) is 0 Å². The Labute approximate surface area is 63.2 Å². The highest BCUT2D eigenvalue weighted by Gasteiger charge is 2.09. The first kappa shape index (κ1) is 9.74. The number of aliphatic hydroxyl groups excluding tert-OH is 2. The van der Waals surface area contributed by atoms with Gasteiger partial charge >= 0.3 is 5.30 Å². The lowest BCUT2D eigenvalue weighted by Gasteiger charge is -2.03. The molecule has 10 heavy (non-hydrogen) atoms. The third-order valence-corrected chi connectivity index (χ3v) is 1.38. The minimum atomic E-state index is -1.07. The van der Waals surface area contributed by atoms with E-state index in [4.69, 9.17) is 10.2 Å². The van der Waals surface area contributed by atoms with Crippen molar-refractivity contribution in [1.29, 1.82) is 0 Å². The first-order valence-corrected chi connectivity index (χ1v) is 3.71. The van der Waals surface area contributed by atoms with Gasteiger partial charge < -0.3 is 14.9 Å². The first-order valence-electron chi connectivity index (χ1n) is 2.83. The number of hydrogen-bond acceptors (Lipinski definition) is 5. The number of carbonyl (C=O) groups is 1. The van der Waals surface area contributed by atoms with Gasteiger partial charge in [-0.05, 0) is 18.7 Å². The number of thioether (sulfide) groups is 1. The molecule has 0 aliphatic rings. The molecular weight excluding hydrogens is 156 g/mol. The molecule has 4 nitrogen and oxygen atoms in total. The van der Waals surface area contributed by atoms with Crippen molar-refractivity contribution in [3.8, 4) is 0 Å². The van der Waals surface area contributed by atoms with E-state index < -0.39 is 17.3 Å². The molecule has 0 rings (SSSR count). The lowest BCUT2D eigenvalue weighted by Crippen LogP contribution is -2.11. The molecule has 0 aromatic rings. The van der Waals surface area contributed by atoms with Crippen LogP contribution in [-0.2, 0) is 4.74 Å². The van der Waals surface area contributed by atoms with Crippen LogP contribution in [0.4, 0.5) is 4.79 Å². The Bertz CT molecular complexity index is 106. The van der Waals surface area contributed by atoms with Gasteiger partial charge in [-0.25, -0.2) is 4.79 Å². The van der Waals surface area contributed by atoms with E-state index in [1.165, 1.54) is 0 Å². The molecule has 2 N–H and O–H groups in total. The summed E-state index contributed by atoms with van der Waals surface area (Å²) in [6, 6.07) is 0. The summed E-state index contributed by atoms with van der Waals surface area (Å²) in [5, 5.41) is 16.4. The molecule has 0 saturated heterocycles. The van der Waals surface area contributed by atoms with Gasteiger partial charge in [-0.2, -0.15) is 0 Å². The van der Waals surface area contributed by atoms with Gasteiger partial charge in [-0.3, -0.25) is 0 Å². The van der Waals surface area contributed by atoms with E-state index in [2.05, 4.69) is 4.74 Å². The van der Waals surface area contributed by atoms with Crippen molar-refractivity contribution < 1.29 is 19.7 Å². The number of hydrogen-bond donors (Lipinski definition) is 2. The summed E-state index contributed by atoms with van der Waals surface area (Å²) in [5.74, 6) is 0. The molecule has 0 aliphatic carbocycles. The fraction of sp³-hybridized carbons (Fsp3) is 0.800. The quantitative estimate of drug-likeness (QED) is 0.462. The van der Waals surface area contributed by atoms with E-state index in [0.717, 1.165) is 0 Å². The van der Waals surface area contributed by atoms with Gasteiger partial charge in [0.05, 0.1) is 13.2 Å². The summed E-state index contributed by atoms with van der Waals surface area (Å²) in [6.07, 6.45) is 0. The van der Waals surface area contributed by atoms with E-state index in [9.17, 15) is 4.79 Å². The summed E-state index contributed by atoms with van der Waals surface area (Å²) in [7, 11) is 0. The van der Waals surface area contributed by atoms with Crippen LogP contribution in [0.15, 0.2) is 0 Å². The van der Waals surface area contributed by atoms with Gasteiger partial charge in [-0.15, -0.1) is 0 Å². The van der Waals surface area contributed by atoms with Crippen LogP contribution in [-0.4, -0.2) is 34.2 Å². The third kappa shape index (κ3) is 4.60. The first-order chi connectivity index (χ1) is 4.70. The SMILES string of the molecule is CCOC(=O)SC(O)CO. The molecule has 60 valence electrons. The van der Waals surface area contributed by atoms with E-state index in [0.29, 0.717) is 11.8 Å². The van der Waals surface area contributed by atoms with Gasteiger partial charge in [0, 0.05) is 0 Å². The van der Waals surface area contributed by atoms with E-state index in [-0.39, 0.29) is 6.61 Å². The fourth-order valence-corrected chi connectivity index (χ4v) is 0.783. The monoisotopic (exact) mass is 166 g/mol. The zero-order valence-corrected chi connectivity index (χ0v) is 6.43. The number of carbonyl (C=O) groups excluding carboxylic acids is 1. The molecule has 0 aromatic carbocycles. The average Bonchev–Trinajstić information content (AvgIpc) is 1.88. The predicted octanol–water partition coefficient (Wildman–Crippen LogP) is 0.187. The van der Waals surface area contributed by atoms with Gasteiger partial charge in [0.25, 0.3) is 0 Å². The van der Waals surface area contributed by atoms with Gasteiger partial charge in [0.2, 0.25) is 0 Å². The molecule has 1 unspecified atom stereocenters. The van der Waals surface area contributed by atoms with Gasteiger partial charge in [0.15, 0.2) is 0 Å². The minimum absolute atomic E-state index is 0.282. The lowest BCUT2D eigenvalue weighted by molar-refractivity contribution is 0.155. The summed E-state index contributed by atoms with van der Waals surface area (Å²) < 4.78 is 4.47. The molecule has 0 heterocycles. The normalized spacial score (nSPS) is 12.7. The number of ether oxygens (including phenoxy) is 1. The molecule has 0 fully saturated rings. The predicted molar refractivity (Wildman–Crippen MR) is 37.7 cm³/mol. The van der Waals surface area contributed by atoms with Crippen LogP contribution in [0.25, 0.3) is 0 Å². The highest BCUT2D eigenvalue weighted by molar-refractivity contribution is 8.13. The number of aliphatic hydroxyl groups is 2. The molecule has 0 amide bonds. The van der Waals surface area contributed by atoms with Crippen LogP contribution in [0.5, 0.6) is 0 Å². The van der Waals surface area contributed by atoms with E-state index in [1.54, 1.807) is 6.92 Å². The maximum absolute atomic E-state index is 10.5. The Morgan fingerprint density at radius 1 is 1.80 bits per heavy atom. The summed E-state index contributed by atoms with van der Waals surface area (Å²) in [6.45, 7) is 1.51. The van der Waals surface area contributed by atoms with Crippen molar-refractivity contribution in [3.63, 3.8) is 0 Å². The molecular formula is C5H10O4S. The van der Waals surface area contributed by atoms with E-state index in [1.807, 2.05) is 0 Å². The fourth-order valence-electron chi connectivity index (χ4n) is 0.300. The second-order valence-electron chi connectivity index (χ2n) is 1.44. The van der Waals surface area contributed by atoms with Crippen molar-refractivity contribution >= 4 is 17.1 Å². The highest BCUT2D eigenvalue weighted by atomic mass is 32.2. The Morgan fingerprint density at radius 2 is 2.40 bits per heavy atom. The average molecular weight is 166 g/mol. The maximum Gasteiger partial charge on any atom is 0.369 e. The Balaban J connectivity index is 3.37. The summed E-state index contributed by atoms with van der Waals surface area (Å²) in [4.78, 5) is 10.5. The van der Waals surface area contributed by atoms with Crippen LogP contribution in [0, 0.1) is 0 Å². The van der Waals surface area contributed by atoms with Crippen molar-refractivity contribution in [2.45, 2.75) is 12.4 Å². The van der Waals surface area contributed by atoms with Crippen molar-refractivity contribution in [2.75, 3.05) is 13.2 Å². The molecule has 0 aliphatic heterocycles. The van der Waals surface area contributed by atoms with Crippen molar-refractivity contribution in [3.05, 3.63) is 0 Å². The summed E-state index contributed by atoms with van der Waals surface area (Å²) in [5.41, 5.74) is -1.07. The highest BCUT2D eigenvalue weighted by Crippen LogP contribution is 2.10. The molecule has 0 radical (unpaired) electrons. The second-order valence-corrected chi connectivity index (χ2v) is 2.55. The minimum Gasteiger partial charge on any atom is -0.458 e. The van der Waals surface area contributed by atoms with Crippen molar-refractivity contribution in [1.82, 2.24) is 0 Å². The Morgan fingerprint density at radius 3 is 2.80 bits per heavy atom. The van der Waals surface area contributed by atoms with Crippen LogP contribution < -0.4 is 0 Å². The van der Waals surface area contributed by atoms with Crippen LogP contribution in [0.1, 0.15) is 6.92 Å². The molecule has 0 saturated carbocycles. The zero-order valence-electron chi connectivity index (χ0n) is 5.61. The van der Waals surface area contributed by atoms with Gasteiger partial charge in [-0.1, -0.05) is 0 Å². The maximum atomic E-state index is 10.5. The van der Waals surface area contributed by atoms with Gasteiger partial charge in [0.1, 0.15) is 5.44 Å².